The number of hydrogen-bond donors (Lipinski definition) is 0. The molecule has 1 aliphatic rings. The molecule has 0 spiro atoms. The van der Waals surface area contributed by atoms with Gasteiger partial charge < -0.3 is 0 Å². The van der Waals surface area contributed by atoms with Gasteiger partial charge in [0, 0.05) is 0 Å². The first-order chi connectivity index (χ1) is 7.16. The summed E-state index contributed by atoms with van der Waals surface area (Å²) in [5.74, 6) is 0. The van der Waals surface area contributed by atoms with Crippen LogP contribution < -0.4 is 0 Å². The molecule has 0 unspecified atom stereocenters. The van der Waals surface area contributed by atoms with E-state index < -0.39 is 0 Å². The van der Waals surface area contributed by atoms with E-state index in [1.165, 1.54) is 20.9 Å². The van der Waals surface area contributed by atoms with Crippen LogP contribution in [0.25, 0.3) is 0 Å². The zero-order valence-corrected chi connectivity index (χ0v) is 13.0. The molecule has 0 aromatic carbocycles. The third-order valence-corrected chi connectivity index (χ3v) is 4.88. The molecule has 0 N–H and O–H groups in total. The molecule has 1 heteroatoms. The first-order valence-electron chi connectivity index (χ1n) is 5.47. The molecule has 0 aromatic rings. The molecule has 0 saturated heterocycles. The second kappa shape index (κ2) is 5.78. The maximum absolute atomic E-state index is 3.56. The van der Waals surface area contributed by atoms with Gasteiger partial charge in [-0.05, 0) is 6.92 Å². The summed E-state index contributed by atoms with van der Waals surface area (Å²) in [6, 6.07) is 0. The SMILES string of the molecule is C=CC(=C)C.CC1=C(C)C(C)(C)[C]([Rh])=C1C. The molecule has 1 aliphatic carbocycles. The normalized spacial score (nSPS) is 18.2. The van der Waals surface area contributed by atoms with Gasteiger partial charge in [0.15, 0.2) is 0 Å². The molecular weight excluding hydrogens is 283 g/mol. The Kier molecular flexibility index (Phi) is 5.63. The van der Waals surface area contributed by atoms with Crippen molar-refractivity contribution >= 4 is 0 Å². The van der Waals surface area contributed by atoms with E-state index in [9.17, 15) is 0 Å². The maximum atomic E-state index is 3.56. The molecule has 1 rings (SSSR count). The molecule has 16 heavy (non-hydrogen) atoms. The second-order valence-corrected chi connectivity index (χ2v) is 5.66. The van der Waals surface area contributed by atoms with Crippen molar-refractivity contribution in [2.45, 2.75) is 41.5 Å². The summed E-state index contributed by atoms with van der Waals surface area (Å²) >= 11 is 3.07. The third kappa shape index (κ3) is 3.29. The van der Waals surface area contributed by atoms with Crippen molar-refractivity contribution in [3.05, 3.63) is 45.7 Å². The van der Waals surface area contributed by atoms with Crippen molar-refractivity contribution in [3.8, 4) is 0 Å². The average molecular weight is 306 g/mol. The molecule has 0 radical (unpaired) electrons. The molecule has 0 saturated carbocycles. The monoisotopic (exact) mass is 306 g/mol. The van der Waals surface area contributed by atoms with Crippen molar-refractivity contribution in [2.75, 3.05) is 0 Å². The van der Waals surface area contributed by atoms with Crippen molar-refractivity contribution in [1.29, 1.82) is 0 Å². The van der Waals surface area contributed by atoms with E-state index >= 15 is 0 Å². The van der Waals surface area contributed by atoms with Gasteiger partial charge in [-0.1, -0.05) is 24.8 Å². The van der Waals surface area contributed by atoms with Crippen molar-refractivity contribution in [3.63, 3.8) is 0 Å². The molecular formula is C15H23Rh. The average Bonchev–Trinajstić information content (AvgIpc) is 2.35. The van der Waals surface area contributed by atoms with Crippen LogP contribution in [0.5, 0.6) is 0 Å². The van der Waals surface area contributed by atoms with Crippen molar-refractivity contribution in [2.24, 2.45) is 5.41 Å². The molecule has 0 atom stereocenters. The van der Waals surface area contributed by atoms with E-state index in [-0.39, 0.29) is 5.41 Å². The molecule has 0 fully saturated rings. The number of rotatable bonds is 1. The predicted octanol–water partition coefficient (Wildman–Crippen LogP) is 4.93. The van der Waals surface area contributed by atoms with Gasteiger partial charge in [-0.3, -0.25) is 0 Å². The zero-order chi connectivity index (χ0) is 13.1. The summed E-state index contributed by atoms with van der Waals surface area (Å²) in [5.41, 5.74) is 5.70. The van der Waals surface area contributed by atoms with Gasteiger partial charge >= 0.3 is 79.2 Å². The van der Waals surface area contributed by atoms with Crippen molar-refractivity contribution in [1.82, 2.24) is 0 Å². The van der Waals surface area contributed by atoms with E-state index in [4.69, 9.17) is 0 Å². The van der Waals surface area contributed by atoms with E-state index in [2.05, 4.69) is 66.1 Å². The standard InChI is InChI=1S/C10H15.C5H8.Rh/c1-7-6-10(4,5)9(3)8(7)2;1-4-5(2)3;/h1-5H3;4H,1-2H2,3H3;. The molecule has 0 amide bonds. The molecule has 0 bridgehead atoms. The Hall–Kier alpha value is -0.417. The van der Waals surface area contributed by atoms with Crippen LogP contribution in [0.15, 0.2) is 45.7 Å². The second-order valence-electron chi connectivity index (χ2n) is 4.84. The number of allylic oxidation sites excluding steroid dienone is 6. The Labute approximate surface area is 111 Å². The molecule has 0 aromatic heterocycles. The van der Waals surface area contributed by atoms with Gasteiger partial charge in [-0.25, -0.2) is 0 Å². The Morgan fingerprint density at radius 2 is 1.56 bits per heavy atom. The van der Waals surface area contributed by atoms with Crippen LogP contribution in [0.3, 0.4) is 0 Å². The van der Waals surface area contributed by atoms with Crippen LogP contribution >= 0.6 is 0 Å². The Morgan fingerprint density at radius 3 is 1.62 bits per heavy atom. The van der Waals surface area contributed by atoms with Crippen LogP contribution in [0.2, 0.25) is 0 Å². The molecule has 0 aliphatic heterocycles. The molecule has 0 nitrogen and oxygen atoms in total. The summed E-state index contributed by atoms with van der Waals surface area (Å²) in [7, 11) is 0. The third-order valence-electron chi connectivity index (χ3n) is 3.24. The van der Waals surface area contributed by atoms with Crippen LogP contribution in [0.1, 0.15) is 41.5 Å². The fraction of sp³-hybridized carbons (Fsp3) is 0.467. The molecule has 0 heterocycles. The topological polar surface area (TPSA) is 0 Å². The summed E-state index contributed by atoms with van der Waals surface area (Å²) in [5, 5.41) is 0. The Morgan fingerprint density at radius 1 is 1.19 bits per heavy atom. The van der Waals surface area contributed by atoms with E-state index in [0.717, 1.165) is 5.57 Å². The predicted molar refractivity (Wildman–Crippen MR) is 69.9 cm³/mol. The summed E-state index contributed by atoms with van der Waals surface area (Å²) in [6.07, 6.45) is 1.72. The van der Waals surface area contributed by atoms with Gasteiger partial charge in [0.1, 0.15) is 0 Å². The van der Waals surface area contributed by atoms with Crippen molar-refractivity contribution < 1.29 is 18.3 Å². The summed E-state index contributed by atoms with van der Waals surface area (Å²) in [4.78, 5) is 0. The van der Waals surface area contributed by atoms with Gasteiger partial charge in [0.25, 0.3) is 0 Å². The van der Waals surface area contributed by atoms with E-state index in [0.29, 0.717) is 0 Å². The van der Waals surface area contributed by atoms with Gasteiger partial charge in [-0.2, -0.15) is 0 Å². The van der Waals surface area contributed by atoms with Gasteiger partial charge in [-0.15, -0.1) is 0 Å². The van der Waals surface area contributed by atoms with Crippen LogP contribution in [-0.4, -0.2) is 0 Å². The first kappa shape index (κ1) is 15.6. The van der Waals surface area contributed by atoms with Crippen LogP contribution in [0, 0.1) is 5.41 Å². The Balaban J connectivity index is 0.000000385. The van der Waals surface area contributed by atoms with Crippen LogP contribution in [0.4, 0.5) is 0 Å². The fourth-order valence-electron chi connectivity index (χ4n) is 1.53. The first-order valence-corrected chi connectivity index (χ1v) is 6.29. The minimum absolute atomic E-state index is 0.265. The van der Waals surface area contributed by atoms with E-state index in [1.807, 2.05) is 6.92 Å². The van der Waals surface area contributed by atoms with Gasteiger partial charge in [0.2, 0.25) is 0 Å². The zero-order valence-electron chi connectivity index (χ0n) is 11.3. The van der Waals surface area contributed by atoms with Crippen LogP contribution in [-0.2, 0) is 18.3 Å². The van der Waals surface area contributed by atoms with Gasteiger partial charge in [0.05, 0.1) is 0 Å². The summed E-state index contributed by atoms with van der Waals surface area (Å²) in [6.45, 7) is 20.1. The fourth-order valence-corrected chi connectivity index (χ4v) is 2.15. The molecule has 92 valence electrons. The Bertz CT molecular complexity index is 339. The minimum atomic E-state index is 0.265. The summed E-state index contributed by atoms with van der Waals surface area (Å²) < 4.78 is 1.42. The number of hydrogen-bond acceptors (Lipinski definition) is 0. The quantitative estimate of drug-likeness (QED) is 0.476. The van der Waals surface area contributed by atoms with E-state index in [1.54, 1.807) is 6.08 Å².